The Kier molecular flexibility index (Phi) is 5.63. The Hall–Kier alpha value is -2.90. The van der Waals surface area contributed by atoms with Crippen LogP contribution in [-0.2, 0) is 6.18 Å². The van der Waals surface area contributed by atoms with Gasteiger partial charge in [0, 0.05) is 11.1 Å². The van der Waals surface area contributed by atoms with Crippen LogP contribution in [0.3, 0.4) is 0 Å². The van der Waals surface area contributed by atoms with Gasteiger partial charge in [0.1, 0.15) is 5.56 Å². The van der Waals surface area contributed by atoms with E-state index in [1.165, 1.54) is 0 Å². The van der Waals surface area contributed by atoms with Crippen molar-refractivity contribution in [1.29, 1.82) is 0 Å². The van der Waals surface area contributed by atoms with Crippen LogP contribution in [0.5, 0.6) is 0 Å². The molecule has 0 saturated carbocycles. The van der Waals surface area contributed by atoms with Crippen molar-refractivity contribution in [2.75, 3.05) is 0 Å². The summed E-state index contributed by atoms with van der Waals surface area (Å²) in [5.41, 5.74) is -0.0886. The minimum atomic E-state index is -4.66. The highest BCUT2D eigenvalue weighted by Gasteiger charge is 2.36. The largest absolute Gasteiger partial charge is 0.433 e. The van der Waals surface area contributed by atoms with Gasteiger partial charge in [-0.2, -0.15) is 18.3 Å². The smallest absolute Gasteiger partial charge is 0.347 e. The number of nitrogens with one attached hydrogen (secondary N) is 1. The van der Waals surface area contributed by atoms with E-state index in [-0.39, 0.29) is 22.3 Å². The van der Waals surface area contributed by atoms with Gasteiger partial charge in [0.15, 0.2) is 11.3 Å². The second kappa shape index (κ2) is 7.66. The van der Waals surface area contributed by atoms with Crippen LogP contribution in [0.2, 0.25) is 0 Å². The van der Waals surface area contributed by atoms with Gasteiger partial charge in [0.05, 0.1) is 11.9 Å². The first-order valence-electron chi connectivity index (χ1n) is 10.0. The van der Waals surface area contributed by atoms with Crippen LogP contribution in [0.4, 0.5) is 13.2 Å². The topological polar surface area (TPSA) is 59.3 Å². The Morgan fingerprint density at radius 2 is 1.68 bits per heavy atom. The molecule has 8 heteroatoms. The molecule has 0 spiro atoms. The van der Waals surface area contributed by atoms with E-state index in [9.17, 15) is 18.0 Å². The van der Waals surface area contributed by atoms with E-state index in [4.69, 9.17) is 0 Å². The molecule has 0 unspecified atom stereocenters. The number of aromatic nitrogens is 3. The van der Waals surface area contributed by atoms with E-state index < -0.39 is 23.3 Å². The molecule has 3 aromatic rings. The molecule has 0 saturated heterocycles. The van der Waals surface area contributed by atoms with Crippen molar-refractivity contribution >= 4 is 11.6 Å². The lowest BCUT2D eigenvalue weighted by Gasteiger charge is -2.33. The number of benzene rings is 1. The summed E-state index contributed by atoms with van der Waals surface area (Å²) in [4.78, 5) is 17.4. The zero-order chi connectivity index (χ0) is 23.2. The third kappa shape index (κ3) is 5.24. The van der Waals surface area contributed by atoms with Crippen molar-refractivity contribution < 1.29 is 18.0 Å². The number of amides is 1. The SMILES string of the molecule is Cc1ccc(-c2cc(C(F)(F)F)n3ncc(C(=O)NC(C)(C)CC(C)(C)C)c3n2)cc1. The highest BCUT2D eigenvalue weighted by molar-refractivity contribution is 6.00. The fraction of sp³-hybridized carbons (Fsp3) is 0.435. The fourth-order valence-corrected chi connectivity index (χ4v) is 3.94. The molecule has 0 radical (unpaired) electrons. The molecule has 1 aromatic carbocycles. The molecule has 3 rings (SSSR count). The Labute approximate surface area is 179 Å². The average molecular weight is 432 g/mol. The molecular formula is C23H27F3N4O. The molecule has 0 aliphatic rings. The molecule has 0 atom stereocenters. The number of hydrogen-bond donors (Lipinski definition) is 1. The van der Waals surface area contributed by atoms with Gasteiger partial charge in [-0.25, -0.2) is 9.50 Å². The first-order valence-corrected chi connectivity index (χ1v) is 10.0. The predicted octanol–water partition coefficient (Wildman–Crippen LogP) is 5.67. The third-order valence-electron chi connectivity index (χ3n) is 4.78. The number of aryl methyl sites for hydroxylation is 1. The average Bonchev–Trinajstić information content (AvgIpc) is 3.02. The number of alkyl halides is 3. The molecular weight excluding hydrogens is 405 g/mol. The molecule has 0 bridgehead atoms. The van der Waals surface area contributed by atoms with Crippen molar-refractivity contribution in [1.82, 2.24) is 19.9 Å². The van der Waals surface area contributed by atoms with Gasteiger partial charge in [-0.15, -0.1) is 0 Å². The van der Waals surface area contributed by atoms with Gasteiger partial charge in [-0.3, -0.25) is 4.79 Å². The zero-order valence-corrected chi connectivity index (χ0v) is 18.6. The van der Waals surface area contributed by atoms with Gasteiger partial charge < -0.3 is 5.32 Å². The van der Waals surface area contributed by atoms with Crippen LogP contribution in [0, 0.1) is 12.3 Å². The Morgan fingerprint density at radius 1 is 1.06 bits per heavy atom. The van der Waals surface area contributed by atoms with E-state index in [1.54, 1.807) is 24.3 Å². The van der Waals surface area contributed by atoms with Crippen LogP contribution in [0.15, 0.2) is 36.5 Å². The maximum Gasteiger partial charge on any atom is 0.433 e. The van der Waals surface area contributed by atoms with Crippen molar-refractivity contribution in [3.8, 4) is 11.3 Å². The molecule has 31 heavy (non-hydrogen) atoms. The lowest BCUT2D eigenvalue weighted by molar-refractivity contribution is -0.142. The standard InChI is InChI=1S/C23H27F3N4O/c1-14-7-9-15(10-8-14)17-11-18(23(24,25)26)30-19(28-17)16(12-27-30)20(31)29-22(5,6)13-21(2,3)4/h7-12H,13H2,1-6H3,(H,29,31). The molecule has 1 amide bonds. The molecule has 0 aliphatic carbocycles. The number of rotatable bonds is 4. The van der Waals surface area contributed by atoms with E-state index in [2.05, 4.69) is 36.2 Å². The predicted molar refractivity (Wildman–Crippen MR) is 114 cm³/mol. The van der Waals surface area contributed by atoms with Crippen molar-refractivity contribution in [3.05, 3.63) is 53.3 Å². The number of hydrogen-bond acceptors (Lipinski definition) is 3. The van der Waals surface area contributed by atoms with Gasteiger partial charge in [-0.05, 0) is 38.7 Å². The van der Waals surface area contributed by atoms with Crippen molar-refractivity contribution in [2.45, 2.75) is 59.7 Å². The van der Waals surface area contributed by atoms with Crippen LogP contribution in [0.25, 0.3) is 16.9 Å². The second-order valence-corrected chi connectivity index (χ2v) is 9.76. The number of fused-ring (bicyclic) bond motifs is 1. The molecule has 2 aromatic heterocycles. The Bertz CT molecular complexity index is 1110. The summed E-state index contributed by atoms with van der Waals surface area (Å²) >= 11 is 0. The van der Waals surface area contributed by atoms with Crippen LogP contribution in [0.1, 0.15) is 62.7 Å². The van der Waals surface area contributed by atoms with Gasteiger partial charge in [-0.1, -0.05) is 50.6 Å². The van der Waals surface area contributed by atoms with E-state index in [1.807, 2.05) is 20.8 Å². The fourth-order valence-electron chi connectivity index (χ4n) is 3.94. The summed E-state index contributed by atoms with van der Waals surface area (Å²) in [5.74, 6) is -0.508. The lowest BCUT2D eigenvalue weighted by atomic mass is 9.81. The Morgan fingerprint density at radius 3 is 2.23 bits per heavy atom. The Balaban J connectivity index is 2.10. The molecule has 166 valence electrons. The van der Waals surface area contributed by atoms with Gasteiger partial charge in [0.2, 0.25) is 0 Å². The normalized spacial score (nSPS) is 12.9. The van der Waals surface area contributed by atoms with Crippen LogP contribution < -0.4 is 5.32 Å². The summed E-state index contributed by atoms with van der Waals surface area (Å²) in [6.07, 6.45) is -2.84. The van der Waals surface area contributed by atoms with Gasteiger partial charge in [0.25, 0.3) is 5.91 Å². The summed E-state index contributed by atoms with van der Waals surface area (Å²) in [6.45, 7) is 11.8. The minimum absolute atomic E-state index is 0.00134. The minimum Gasteiger partial charge on any atom is -0.347 e. The molecule has 1 N–H and O–H groups in total. The quantitative estimate of drug-likeness (QED) is 0.578. The highest BCUT2D eigenvalue weighted by atomic mass is 19.4. The van der Waals surface area contributed by atoms with E-state index in [0.717, 1.165) is 17.8 Å². The summed E-state index contributed by atoms with van der Waals surface area (Å²) in [7, 11) is 0. The highest BCUT2D eigenvalue weighted by Crippen LogP contribution is 2.33. The van der Waals surface area contributed by atoms with E-state index >= 15 is 0 Å². The second-order valence-electron chi connectivity index (χ2n) is 9.76. The maximum atomic E-state index is 13.8. The third-order valence-corrected chi connectivity index (χ3v) is 4.78. The number of carbonyl (C=O) groups is 1. The number of nitrogens with zero attached hydrogens (tertiary/aromatic N) is 3. The zero-order valence-electron chi connectivity index (χ0n) is 18.6. The molecule has 0 aliphatic heterocycles. The van der Waals surface area contributed by atoms with Gasteiger partial charge >= 0.3 is 6.18 Å². The summed E-state index contributed by atoms with van der Waals surface area (Å²) < 4.78 is 42.0. The van der Waals surface area contributed by atoms with Crippen LogP contribution >= 0.6 is 0 Å². The monoisotopic (exact) mass is 432 g/mol. The van der Waals surface area contributed by atoms with Crippen LogP contribution in [-0.4, -0.2) is 26.0 Å². The number of carbonyl (C=O) groups excluding carboxylic acids is 1. The van der Waals surface area contributed by atoms with E-state index in [0.29, 0.717) is 16.5 Å². The number of halogens is 3. The van der Waals surface area contributed by atoms with Crippen molar-refractivity contribution in [2.24, 2.45) is 5.41 Å². The first-order chi connectivity index (χ1) is 14.2. The lowest BCUT2D eigenvalue weighted by Crippen LogP contribution is -2.45. The molecule has 5 nitrogen and oxygen atoms in total. The first kappa shape index (κ1) is 22.8. The van der Waals surface area contributed by atoms with Crippen molar-refractivity contribution in [3.63, 3.8) is 0 Å². The maximum absolute atomic E-state index is 13.8. The molecule has 2 heterocycles. The molecule has 0 fully saturated rings. The summed E-state index contributed by atoms with van der Waals surface area (Å²) in [6, 6.07) is 7.96. The summed E-state index contributed by atoms with van der Waals surface area (Å²) in [5, 5.41) is 6.75.